The molecule has 3 heterocycles. The summed E-state index contributed by atoms with van der Waals surface area (Å²) >= 11 is 0. The van der Waals surface area contributed by atoms with Crippen molar-refractivity contribution in [3.8, 4) is 5.75 Å². The van der Waals surface area contributed by atoms with Gasteiger partial charge in [0.1, 0.15) is 24.5 Å². The largest absolute Gasteiger partial charge is 0.490 e. The fraction of sp³-hybridized carbons (Fsp3) is 0.630. The number of rotatable bonds is 5. The molecular weight excluding hydrogens is 474 g/mol. The summed E-state index contributed by atoms with van der Waals surface area (Å²) in [5.41, 5.74) is 3.22. The Hall–Kier alpha value is -2.39. The van der Waals surface area contributed by atoms with Gasteiger partial charge in [-0.2, -0.15) is 4.31 Å². The number of anilines is 2. The molecule has 4 bridgehead atoms. The summed E-state index contributed by atoms with van der Waals surface area (Å²) < 4.78 is 34.4. The molecule has 4 fully saturated rings. The van der Waals surface area contributed by atoms with Crippen molar-refractivity contribution >= 4 is 21.5 Å². The number of sulfonamides is 1. The number of likely N-dealkylation sites (N-methyl/N-ethyl adjacent to an activating group) is 1. The van der Waals surface area contributed by atoms with Crippen LogP contribution in [0.5, 0.6) is 5.75 Å². The summed E-state index contributed by atoms with van der Waals surface area (Å²) in [6, 6.07) is 5.19. The predicted molar refractivity (Wildman–Crippen MR) is 138 cm³/mol. The van der Waals surface area contributed by atoms with Crippen molar-refractivity contribution in [1.29, 1.82) is 0 Å². The topological polar surface area (TPSA) is 87.7 Å². The van der Waals surface area contributed by atoms with Gasteiger partial charge in [-0.25, -0.2) is 18.4 Å². The molecule has 0 unspecified atom stereocenters. The summed E-state index contributed by atoms with van der Waals surface area (Å²) in [4.78, 5) is 11.5. The standard InChI is InChI=1S/C27H35N5O3S/c1-31-6-7-35-25-11-21(2-3-24(25)31)36(33,34)32-5-4-22-23(15-32)29-17-30-26(22)28-16-27-12-18-8-19(13-27)10-20(9-18)14-27/h2-3,11,17-20H,4-10,12-16H2,1H3,(H,28,29,30). The van der Waals surface area contributed by atoms with Gasteiger partial charge in [-0.3, -0.25) is 0 Å². The molecule has 0 radical (unpaired) electrons. The molecule has 6 aliphatic rings. The Kier molecular flexibility index (Phi) is 5.26. The average molecular weight is 510 g/mol. The minimum atomic E-state index is -3.66. The van der Waals surface area contributed by atoms with E-state index in [1.807, 2.05) is 13.1 Å². The van der Waals surface area contributed by atoms with Gasteiger partial charge in [-0.1, -0.05) is 0 Å². The highest BCUT2D eigenvalue weighted by Crippen LogP contribution is 2.60. The van der Waals surface area contributed by atoms with E-state index in [9.17, 15) is 8.42 Å². The summed E-state index contributed by atoms with van der Waals surface area (Å²) in [7, 11) is -1.67. The molecule has 4 aliphatic carbocycles. The van der Waals surface area contributed by atoms with E-state index in [-0.39, 0.29) is 11.4 Å². The van der Waals surface area contributed by atoms with Gasteiger partial charge in [-0.15, -0.1) is 0 Å². The molecular formula is C27H35N5O3S. The minimum Gasteiger partial charge on any atom is -0.490 e. The van der Waals surface area contributed by atoms with Gasteiger partial charge in [0.25, 0.3) is 0 Å². The van der Waals surface area contributed by atoms with Crippen LogP contribution in [0.25, 0.3) is 0 Å². The summed E-state index contributed by atoms with van der Waals surface area (Å²) in [6.07, 6.45) is 10.6. The molecule has 0 atom stereocenters. The first kappa shape index (κ1) is 22.8. The molecule has 2 aromatic rings. The number of benzene rings is 1. The minimum absolute atomic E-state index is 0.268. The van der Waals surface area contributed by atoms with Gasteiger partial charge in [0, 0.05) is 31.8 Å². The van der Waals surface area contributed by atoms with Gasteiger partial charge in [-0.05, 0) is 80.2 Å². The number of nitrogens with zero attached hydrogens (tertiary/aromatic N) is 4. The van der Waals surface area contributed by atoms with Crippen molar-refractivity contribution in [2.75, 3.05) is 43.5 Å². The molecule has 0 spiro atoms. The molecule has 8 rings (SSSR count). The average Bonchev–Trinajstić information content (AvgIpc) is 2.86. The molecule has 1 aromatic heterocycles. The quantitative estimate of drug-likeness (QED) is 0.658. The molecule has 1 N–H and O–H groups in total. The van der Waals surface area contributed by atoms with E-state index in [2.05, 4.69) is 20.2 Å². The third kappa shape index (κ3) is 3.77. The highest BCUT2D eigenvalue weighted by atomic mass is 32.2. The first-order valence-electron chi connectivity index (χ1n) is 13.4. The molecule has 8 nitrogen and oxygen atoms in total. The zero-order valence-corrected chi connectivity index (χ0v) is 21.8. The normalized spacial score (nSPS) is 31.0. The van der Waals surface area contributed by atoms with E-state index < -0.39 is 10.0 Å². The zero-order chi connectivity index (χ0) is 24.5. The van der Waals surface area contributed by atoms with Crippen LogP contribution in [0.4, 0.5) is 11.5 Å². The van der Waals surface area contributed by atoms with Gasteiger partial charge >= 0.3 is 0 Å². The van der Waals surface area contributed by atoms with Crippen molar-refractivity contribution < 1.29 is 13.2 Å². The lowest BCUT2D eigenvalue weighted by Crippen LogP contribution is -2.49. The highest BCUT2D eigenvalue weighted by Gasteiger charge is 2.50. The lowest BCUT2D eigenvalue weighted by atomic mass is 9.49. The van der Waals surface area contributed by atoms with Crippen LogP contribution in [0, 0.1) is 23.2 Å². The predicted octanol–water partition coefficient (Wildman–Crippen LogP) is 3.68. The monoisotopic (exact) mass is 509 g/mol. The maximum absolute atomic E-state index is 13.5. The second-order valence-corrected chi connectivity index (χ2v) is 13.8. The summed E-state index contributed by atoms with van der Waals surface area (Å²) in [5, 5.41) is 3.71. The van der Waals surface area contributed by atoms with Crippen LogP contribution < -0.4 is 15.0 Å². The van der Waals surface area contributed by atoms with Crippen molar-refractivity contribution in [3.05, 3.63) is 35.8 Å². The Morgan fingerprint density at radius 2 is 1.83 bits per heavy atom. The number of fused-ring (bicyclic) bond motifs is 2. The van der Waals surface area contributed by atoms with Crippen molar-refractivity contribution in [1.82, 2.24) is 14.3 Å². The lowest BCUT2D eigenvalue weighted by Gasteiger charge is -2.57. The van der Waals surface area contributed by atoms with Crippen LogP contribution in [-0.2, 0) is 23.0 Å². The van der Waals surface area contributed by atoms with E-state index in [1.54, 1.807) is 22.8 Å². The number of ether oxygens (including phenoxy) is 1. The molecule has 4 saturated carbocycles. The maximum atomic E-state index is 13.5. The summed E-state index contributed by atoms with van der Waals surface area (Å²) in [5.74, 6) is 4.29. The van der Waals surface area contributed by atoms with Crippen molar-refractivity contribution in [2.24, 2.45) is 23.2 Å². The van der Waals surface area contributed by atoms with E-state index in [1.165, 1.54) is 38.5 Å². The zero-order valence-electron chi connectivity index (χ0n) is 20.9. The number of aromatic nitrogens is 2. The van der Waals surface area contributed by atoms with Crippen LogP contribution >= 0.6 is 0 Å². The Bertz CT molecular complexity index is 1260. The third-order valence-electron chi connectivity index (χ3n) is 9.43. The molecule has 36 heavy (non-hydrogen) atoms. The lowest BCUT2D eigenvalue weighted by molar-refractivity contribution is -0.0444. The maximum Gasteiger partial charge on any atom is 0.243 e. The Balaban J connectivity index is 1.09. The molecule has 9 heteroatoms. The van der Waals surface area contributed by atoms with Crippen molar-refractivity contribution in [2.45, 2.75) is 56.4 Å². The fourth-order valence-corrected chi connectivity index (χ4v) is 9.53. The first-order chi connectivity index (χ1) is 17.4. The van der Waals surface area contributed by atoms with Gasteiger partial charge in [0.15, 0.2) is 0 Å². The fourth-order valence-electron chi connectivity index (χ4n) is 8.11. The van der Waals surface area contributed by atoms with Gasteiger partial charge in [0.05, 0.1) is 29.4 Å². The number of hydrogen-bond donors (Lipinski definition) is 1. The van der Waals surface area contributed by atoms with Crippen LogP contribution in [0.15, 0.2) is 29.4 Å². The van der Waals surface area contributed by atoms with E-state index >= 15 is 0 Å². The highest BCUT2D eigenvalue weighted by molar-refractivity contribution is 7.89. The third-order valence-corrected chi connectivity index (χ3v) is 11.3. The molecule has 0 amide bonds. The molecule has 192 valence electrons. The molecule has 2 aliphatic heterocycles. The van der Waals surface area contributed by atoms with E-state index in [0.29, 0.717) is 30.7 Å². The Morgan fingerprint density at radius 1 is 1.08 bits per heavy atom. The van der Waals surface area contributed by atoms with Crippen LogP contribution in [0.1, 0.15) is 49.8 Å². The van der Waals surface area contributed by atoms with Gasteiger partial charge < -0.3 is 15.0 Å². The van der Waals surface area contributed by atoms with E-state index in [4.69, 9.17) is 4.74 Å². The molecule has 1 aromatic carbocycles. The van der Waals surface area contributed by atoms with Crippen LogP contribution in [0.2, 0.25) is 0 Å². The van der Waals surface area contributed by atoms with Gasteiger partial charge in [0.2, 0.25) is 10.0 Å². The SMILES string of the molecule is CN1CCOc2cc(S(=O)(=O)N3CCc4c(ncnc4NCC45CC6CC(CC(C6)C4)C5)C3)ccc21. The second-order valence-electron chi connectivity index (χ2n) is 11.9. The summed E-state index contributed by atoms with van der Waals surface area (Å²) in [6.45, 7) is 3.02. The molecule has 0 saturated heterocycles. The Labute approximate surface area is 213 Å². The van der Waals surface area contributed by atoms with Crippen molar-refractivity contribution in [3.63, 3.8) is 0 Å². The number of hydrogen-bond acceptors (Lipinski definition) is 7. The second kappa shape index (κ2) is 8.31. The first-order valence-corrected chi connectivity index (χ1v) is 14.9. The Morgan fingerprint density at radius 3 is 2.58 bits per heavy atom. The van der Waals surface area contributed by atoms with E-state index in [0.717, 1.165) is 53.6 Å². The smallest absolute Gasteiger partial charge is 0.243 e. The van der Waals surface area contributed by atoms with Crippen LogP contribution in [-0.4, -0.2) is 56.0 Å². The number of nitrogens with one attached hydrogen (secondary N) is 1. The van der Waals surface area contributed by atoms with Crippen LogP contribution in [0.3, 0.4) is 0 Å².